The molecule has 1 saturated heterocycles. The summed E-state index contributed by atoms with van der Waals surface area (Å²) in [5.41, 5.74) is 3.39. The van der Waals surface area contributed by atoms with Crippen LogP contribution in [0.15, 0.2) is 61.1 Å². The van der Waals surface area contributed by atoms with Crippen LogP contribution in [0.4, 0.5) is 0 Å². The Morgan fingerprint density at radius 1 is 1.12 bits per heavy atom. The maximum absolute atomic E-state index is 13.3. The minimum Gasteiger partial charge on any atom is -0.598 e. The van der Waals surface area contributed by atoms with Crippen molar-refractivity contribution in [1.82, 2.24) is 24.2 Å². The highest BCUT2D eigenvalue weighted by Gasteiger charge is 2.49. The molecule has 11 heteroatoms. The Labute approximate surface area is 255 Å². The van der Waals surface area contributed by atoms with Gasteiger partial charge in [0.15, 0.2) is 0 Å². The highest BCUT2D eigenvalue weighted by molar-refractivity contribution is 7.90. The first-order valence-electron chi connectivity index (χ1n) is 14.1. The van der Waals surface area contributed by atoms with Crippen molar-refractivity contribution < 1.29 is 19.1 Å². The second-order valence-electron chi connectivity index (χ2n) is 12.7. The highest BCUT2D eigenvalue weighted by Crippen LogP contribution is 2.38. The summed E-state index contributed by atoms with van der Waals surface area (Å²) in [6.45, 7) is 11.4. The monoisotopic (exact) mass is 602 g/mol. The molecule has 1 aliphatic rings. The average molecular weight is 603 g/mol. The molecular formula is C32H38N6O4S. The molecule has 2 N–H and O–H groups in total. The van der Waals surface area contributed by atoms with Crippen LogP contribution in [0.25, 0.3) is 16.6 Å². The molecule has 1 atom stereocenters. The third kappa shape index (κ3) is 6.79. The van der Waals surface area contributed by atoms with Crippen LogP contribution >= 0.6 is 0 Å². The number of ether oxygens (including phenoxy) is 2. The maximum Gasteiger partial charge on any atom is 0.212 e. The molecule has 0 radical (unpaired) electrons. The lowest BCUT2D eigenvalue weighted by Crippen LogP contribution is -2.68. The Morgan fingerprint density at radius 3 is 2.42 bits per heavy atom. The van der Waals surface area contributed by atoms with Crippen LogP contribution in [0.1, 0.15) is 51.3 Å². The molecule has 0 aliphatic carbocycles. The van der Waals surface area contributed by atoms with E-state index in [1.807, 2.05) is 57.3 Å². The van der Waals surface area contributed by atoms with Gasteiger partial charge in [-0.1, -0.05) is 30.3 Å². The molecule has 3 aromatic heterocycles. The van der Waals surface area contributed by atoms with Gasteiger partial charge in [-0.25, -0.2) is 9.50 Å². The van der Waals surface area contributed by atoms with Crippen molar-refractivity contribution in [3.05, 3.63) is 77.7 Å². The number of aromatic nitrogens is 3. The Bertz CT molecular complexity index is 1610. The Hall–Kier alpha value is -3.66. The summed E-state index contributed by atoms with van der Waals surface area (Å²) in [5, 5.41) is 24.3. The van der Waals surface area contributed by atoms with Crippen LogP contribution in [-0.2, 0) is 23.4 Å². The van der Waals surface area contributed by atoms with Gasteiger partial charge < -0.3 is 19.1 Å². The van der Waals surface area contributed by atoms with Crippen LogP contribution in [0.5, 0.6) is 11.6 Å². The van der Waals surface area contributed by atoms with E-state index >= 15 is 0 Å². The van der Waals surface area contributed by atoms with E-state index in [9.17, 15) is 14.9 Å². The molecule has 4 aromatic rings. The smallest absolute Gasteiger partial charge is 0.212 e. The van der Waals surface area contributed by atoms with E-state index in [0.29, 0.717) is 42.3 Å². The summed E-state index contributed by atoms with van der Waals surface area (Å²) in [5.74, 6) is 1.11. The van der Waals surface area contributed by atoms with E-state index in [2.05, 4.69) is 37.9 Å². The van der Waals surface area contributed by atoms with E-state index in [0.717, 1.165) is 22.3 Å². The maximum atomic E-state index is 13.3. The van der Waals surface area contributed by atoms with E-state index in [-0.39, 0.29) is 6.61 Å². The summed E-state index contributed by atoms with van der Waals surface area (Å²) in [6.07, 6.45) is 5.07. The van der Waals surface area contributed by atoms with Crippen molar-refractivity contribution in [2.45, 2.75) is 57.1 Å². The number of likely N-dealkylation sites (tertiary alicyclic amines) is 1. The number of fused-ring (bicyclic) bond motifs is 1. The van der Waals surface area contributed by atoms with Gasteiger partial charge in [-0.15, -0.1) is 4.72 Å². The van der Waals surface area contributed by atoms with Crippen LogP contribution < -0.4 is 14.2 Å². The first kappa shape index (κ1) is 30.8. The van der Waals surface area contributed by atoms with Crippen molar-refractivity contribution in [3.8, 4) is 28.8 Å². The van der Waals surface area contributed by atoms with Crippen LogP contribution in [0.3, 0.4) is 0 Å². The van der Waals surface area contributed by atoms with Gasteiger partial charge in [0.05, 0.1) is 36.2 Å². The van der Waals surface area contributed by atoms with Gasteiger partial charge in [-0.2, -0.15) is 10.4 Å². The van der Waals surface area contributed by atoms with E-state index in [1.165, 1.54) is 6.20 Å². The number of nitriles is 1. The number of hydrogen-bond donors (Lipinski definition) is 2. The Morgan fingerprint density at radius 2 is 1.84 bits per heavy atom. The van der Waals surface area contributed by atoms with Gasteiger partial charge in [0.25, 0.3) is 0 Å². The van der Waals surface area contributed by atoms with E-state index in [4.69, 9.17) is 9.47 Å². The molecule has 10 nitrogen and oxygen atoms in total. The van der Waals surface area contributed by atoms with Crippen molar-refractivity contribution in [2.24, 2.45) is 0 Å². The van der Waals surface area contributed by atoms with Gasteiger partial charge in [-0.3, -0.25) is 4.90 Å². The summed E-state index contributed by atoms with van der Waals surface area (Å²) < 4.78 is 29.0. The van der Waals surface area contributed by atoms with Crippen molar-refractivity contribution >= 4 is 16.9 Å². The van der Waals surface area contributed by atoms with Gasteiger partial charge in [0.2, 0.25) is 5.88 Å². The lowest BCUT2D eigenvalue weighted by Gasteiger charge is -2.51. The molecule has 1 aliphatic heterocycles. The number of methoxy groups -OCH3 is 1. The number of nitrogens with zero attached hydrogens (tertiary/aromatic N) is 5. The number of pyridine rings is 2. The minimum absolute atomic E-state index is 0.103. The molecule has 0 amide bonds. The molecule has 1 unspecified atom stereocenters. The average Bonchev–Trinajstić information content (AvgIpc) is 3.37. The van der Waals surface area contributed by atoms with Gasteiger partial charge >= 0.3 is 0 Å². The van der Waals surface area contributed by atoms with Gasteiger partial charge in [0, 0.05) is 48.8 Å². The number of benzene rings is 1. The topological polar surface area (TPSA) is 131 Å². The normalized spacial score (nSPS) is 16.0. The first-order chi connectivity index (χ1) is 20.3. The minimum atomic E-state index is -1.28. The molecule has 5 rings (SSSR count). The zero-order valence-corrected chi connectivity index (χ0v) is 26.2. The summed E-state index contributed by atoms with van der Waals surface area (Å²) in [4.78, 5) is 6.62. The number of aliphatic hydroxyl groups is 1. The fraction of sp³-hybridized carbons (Fsp3) is 0.406. The third-order valence-corrected chi connectivity index (χ3v) is 8.98. The van der Waals surface area contributed by atoms with Crippen LogP contribution in [-0.4, -0.2) is 66.3 Å². The lowest BCUT2D eigenvalue weighted by atomic mass is 9.82. The van der Waals surface area contributed by atoms with Crippen LogP contribution in [0, 0.1) is 11.3 Å². The SMILES string of the molecule is COc1ccc(CN2CC(N[S+]([O-])C(C)(C)C)(c3ccc(-c4cc(OCC(C)(C)O)cn5ncc(C#N)c45)cc3)C2)cn1. The fourth-order valence-corrected chi connectivity index (χ4v) is 5.96. The molecule has 1 aromatic carbocycles. The van der Waals surface area contributed by atoms with E-state index < -0.39 is 27.2 Å². The van der Waals surface area contributed by atoms with Crippen LogP contribution in [0.2, 0.25) is 0 Å². The van der Waals surface area contributed by atoms with Crippen molar-refractivity contribution in [1.29, 1.82) is 5.26 Å². The number of rotatable bonds is 10. The first-order valence-corrected chi connectivity index (χ1v) is 15.2. The zero-order valence-electron chi connectivity index (χ0n) is 25.4. The molecule has 4 heterocycles. The second-order valence-corrected chi connectivity index (χ2v) is 14.6. The molecule has 0 spiro atoms. The predicted molar refractivity (Wildman–Crippen MR) is 166 cm³/mol. The van der Waals surface area contributed by atoms with Gasteiger partial charge in [0.1, 0.15) is 28.7 Å². The molecule has 226 valence electrons. The summed E-state index contributed by atoms with van der Waals surface area (Å²) >= 11 is -1.28. The highest BCUT2D eigenvalue weighted by atomic mass is 32.2. The number of hydrogen-bond acceptors (Lipinski definition) is 9. The summed E-state index contributed by atoms with van der Waals surface area (Å²) in [7, 11) is 1.60. The standard InChI is InChI=1S/C32H38N6O4S/c1-30(2,3)43(40)36-32(19-37(20-32)17-22-7-12-28(41-6)34-15-22)25-10-8-23(9-11-25)27-13-26(42-21-31(4,5)39)18-38-29(27)24(14-33)16-35-38/h7-13,15-16,18,36,39H,17,19-21H2,1-6H3. The second kappa shape index (κ2) is 11.8. The molecule has 1 fully saturated rings. The molecular weight excluding hydrogens is 564 g/mol. The van der Waals surface area contributed by atoms with Gasteiger partial charge in [-0.05, 0) is 57.4 Å². The quantitative estimate of drug-likeness (QED) is 0.257. The predicted octanol–water partition coefficient (Wildman–Crippen LogP) is 4.19. The molecule has 43 heavy (non-hydrogen) atoms. The zero-order chi connectivity index (χ0) is 31.0. The number of nitrogens with one attached hydrogen (secondary N) is 1. The largest absolute Gasteiger partial charge is 0.598 e. The van der Waals surface area contributed by atoms with E-state index in [1.54, 1.807) is 31.7 Å². The van der Waals surface area contributed by atoms with Crippen molar-refractivity contribution in [3.63, 3.8) is 0 Å². The molecule has 0 saturated carbocycles. The lowest BCUT2D eigenvalue weighted by molar-refractivity contribution is 0.0283. The Balaban J connectivity index is 1.45. The molecule has 0 bridgehead atoms. The van der Waals surface area contributed by atoms with Crippen molar-refractivity contribution in [2.75, 3.05) is 26.8 Å². The third-order valence-electron chi connectivity index (χ3n) is 7.29. The Kier molecular flexibility index (Phi) is 8.44. The summed E-state index contributed by atoms with van der Waals surface area (Å²) in [6, 6.07) is 16.1. The fourth-order valence-electron chi connectivity index (χ4n) is 5.06.